The Balaban J connectivity index is 2.56. The molecule has 1 heterocycles. The first kappa shape index (κ1) is 14.5. The van der Waals surface area contributed by atoms with Crippen LogP contribution in [0.15, 0.2) is 0 Å². The SMILES string of the molecule is CCCCc1nc(Cl)c(CNC(C)(C)CC)[nH]1. The van der Waals surface area contributed by atoms with Gasteiger partial charge in [0.05, 0.1) is 5.69 Å². The average molecular weight is 258 g/mol. The van der Waals surface area contributed by atoms with Gasteiger partial charge in [-0.2, -0.15) is 0 Å². The Morgan fingerprint density at radius 3 is 2.65 bits per heavy atom. The molecule has 1 rings (SSSR count). The Morgan fingerprint density at radius 2 is 2.06 bits per heavy atom. The summed E-state index contributed by atoms with van der Waals surface area (Å²) in [6.45, 7) is 9.48. The molecule has 3 nitrogen and oxygen atoms in total. The molecule has 0 aliphatic heterocycles. The van der Waals surface area contributed by atoms with E-state index in [0.717, 1.165) is 37.3 Å². The molecule has 17 heavy (non-hydrogen) atoms. The summed E-state index contributed by atoms with van der Waals surface area (Å²) in [4.78, 5) is 7.65. The van der Waals surface area contributed by atoms with E-state index >= 15 is 0 Å². The van der Waals surface area contributed by atoms with Crippen molar-refractivity contribution in [2.45, 2.75) is 65.5 Å². The molecule has 1 aromatic heterocycles. The second-order valence-corrected chi connectivity index (χ2v) is 5.51. The van der Waals surface area contributed by atoms with Gasteiger partial charge in [-0.05, 0) is 26.7 Å². The fourth-order valence-electron chi connectivity index (χ4n) is 1.47. The molecular formula is C13H24ClN3. The number of rotatable bonds is 7. The molecule has 0 atom stereocenters. The second kappa shape index (κ2) is 6.41. The monoisotopic (exact) mass is 257 g/mol. The minimum atomic E-state index is 0.137. The van der Waals surface area contributed by atoms with Gasteiger partial charge in [-0.25, -0.2) is 4.98 Å². The van der Waals surface area contributed by atoms with Crippen LogP contribution in [-0.2, 0) is 13.0 Å². The molecule has 0 saturated heterocycles. The van der Waals surface area contributed by atoms with Crippen LogP contribution in [0.3, 0.4) is 0 Å². The van der Waals surface area contributed by atoms with Gasteiger partial charge in [-0.1, -0.05) is 31.9 Å². The highest BCUT2D eigenvalue weighted by atomic mass is 35.5. The average Bonchev–Trinajstić information content (AvgIpc) is 2.65. The molecule has 0 saturated carbocycles. The number of aromatic amines is 1. The molecule has 0 bridgehead atoms. The third-order valence-corrected chi connectivity index (χ3v) is 3.48. The van der Waals surface area contributed by atoms with E-state index in [-0.39, 0.29) is 5.54 Å². The normalized spacial score (nSPS) is 12.1. The predicted molar refractivity (Wildman–Crippen MR) is 73.4 cm³/mol. The fraction of sp³-hybridized carbons (Fsp3) is 0.769. The number of H-pyrrole nitrogens is 1. The van der Waals surface area contributed by atoms with Gasteiger partial charge in [-0.15, -0.1) is 0 Å². The molecule has 0 amide bonds. The van der Waals surface area contributed by atoms with Gasteiger partial charge in [0.2, 0.25) is 0 Å². The van der Waals surface area contributed by atoms with Crippen molar-refractivity contribution in [1.29, 1.82) is 0 Å². The van der Waals surface area contributed by atoms with Gasteiger partial charge >= 0.3 is 0 Å². The quantitative estimate of drug-likeness (QED) is 0.782. The van der Waals surface area contributed by atoms with Crippen molar-refractivity contribution in [2.24, 2.45) is 0 Å². The van der Waals surface area contributed by atoms with Crippen molar-refractivity contribution in [3.05, 3.63) is 16.7 Å². The maximum atomic E-state index is 6.11. The zero-order valence-corrected chi connectivity index (χ0v) is 12.1. The van der Waals surface area contributed by atoms with E-state index in [4.69, 9.17) is 11.6 Å². The lowest BCUT2D eigenvalue weighted by Gasteiger charge is -2.24. The van der Waals surface area contributed by atoms with Crippen molar-refractivity contribution in [1.82, 2.24) is 15.3 Å². The van der Waals surface area contributed by atoms with Crippen LogP contribution < -0.4 is 5.32 Å². The molecule has 1 aromatic rings. The van der Waals surface area contributed by atoms with E-state index in [1.54, 1.807) is 0 Å². The van der Waals surface area contributed by atoms with E-state index in [9.17, 15) is 0 Å². The molecule has 0 aliphatic rings. The second-order valence-electron chi connectivity index (χ2n) is 5.15. The van der Waals surface area contributed by atoms with E-state index < -0.39 is 0 Å². The zero-order valence-electron chi connectivity index (χ0n) is 11.4. The van der Waals surface area contributed by atoms with Crippen molar-refractivity contribution in [3.63, 3.8) is 0 Å². The number of imidazole rings is 1. The third kappa shape index (κ3) is 4.68. The van der Waals surface area contributed by atoms with Crippen LogP contribution >= 0.6 is 11.6 Å². The molecule has 4 heteroatoms. The first-order valence-corrected chi connectivity index (χ1v) is 6.84. The highest BCUT2D eigenvalue weighted by Gasteiger charge is 2.15. The van der Waals surface area contributed by atoms with Crippen LogP contribution in [0.25, 0.3) is 0 Å². The minimum Gasteiger partial charge on any atom is -0.344 e. The lowest BCUT2D eigenvalue weighted by Crippen LogP contribution is -2.37. The third-order valence-electron chi connectivity index (χ3n) is 3.17. The molecule has 0 aromatic carbocycles. The molecule has 0 aliphatic carbocycles. The van der Waals surface area contributed by atoms with Crippen molar-refractivity contribution in [3.8, 4) is 0 Å². The van der Waals surface area contributed by atoms with Gasteiger partial charge in [-0.3, -0.25) is 0 Å². The van der Waals surface area contributed by atoms with Gasteiger partial charge in [0.15, 0.2) is 5.15 Å². The standard InChI is InChI=1S/C13H24ClN3/c1-5-7-8-11-16-10(12(14)17-11)9-15-13(3,4)6-2/h15H,5-9H2,1-4H3,(H,16,17). The Morgan fingerprint density at radius 1 is 1.35 bits per heavy atom. The number of hydrogen-bond donors (Lipinski definition) is 2. The number of hydrogen-bond acceptors (Lipinski definition) is 2. The van der Waals surface area contributed by atoms with Crippen LogP contribution in [0.1, 0.15) is 58.5 Å². The van der Waals surface area contributed by atoms with Gasteiger partial charge in [0, 0.05) is 18.5 Å². The van der Waals surface area contributed by atoms with E-state index in [2.05, 4.69) is 43.0 Å². The molecule has 98 valence electrons. The van der Waals surface area contributed by atoms with E-state index in [1.165, 1.54) is 6.42 Å². The van der Waals surface area contributed by atoms with Gasteiger partial charge < -0.3 is 10.3 Å². The summed E-state index contributed by atoms with van der Waals surface area (Å²) in [5.74, 6) is 1.00. The van der Waals surface area contributed by atoms with Crippen LogP contribution in [0.2, 0.25) is 5.15 Å². The summed E-state index contributed by atoms with van der Waals surface area (Å²) in [7, 11) is 0. The zero-order chi connectivity index (χ0) is 12.9. The Hall–Kier alpha value is -0.540. The Kier molecular flexibility index (Phi) is 5.47. The van der Waals surface area contributed by atoms with Crippen LogP contribution in [0.5, 0.6) is 0 Å². The number of nitrogens with one attached hydrogen (secondary N) is 2. The largest absolute Gasteiger partial charge is 0.344 e. The summed E-state index contributed by atoms with van der Waals surface area (Å²) in [6.07, 6.45) is 4.39. The fourth-order valence-corrected chi connectivity index (χ4v) is 1.69. The van der Waals surface area contributed by atoms with Crippen LogP contribution in [0.4, 0.5) is 0 Å². The van der Waals surface area contributed by atoms with Crippen molar-refractivity contribution >= 4 is 11.6 Å². The maximum Gasteiger partial charge on any atom is 0.151 e. The van der Waals surface area contributed by atoms with Gasteiger partial charge in [0.1, 0.15) is 5.82 Å². The number of nitrogens with zero attached hydrogens (tertiary/aromatic N) is 1. The first-order chi connectivity index (χ1) is 7.98. The lowest BCUT2D eigenvalue weighted by atomic mass is 10.0. The first-order valence-electron chi connectivity index (χ1n) is 6.46. The smallest absolute Gasteiger partial charge is 0.151 e. The molecule has 0 fully saturated rings. The number of aryl methyl sites for hydroxylation is 1. The number of aromatic nitrogens is 2. The number of unbranched alkanes of at least 4 members (excludes halogenated alkanes) is 1. The van der Waals surface area contributed by atoms with E-state index in [1.807, 2.05) is 0 Å². The molecular weight excluding hydrogens is 234 g/mol. The minimum absolute atomic E-state index is 0.137. The molecule has 0 unspecified atom stereocenters. The summed E-state index contributed by atoms with van der Waals surface area (Å²) in [5, 5.41) is 4.09. The summed E-state index contributed by atoms with van der Waals surface area (Å²) < 4.78 is 0. The van der Waals surface area contributed by atoms with Crippen molar-refractivity contribution < 1.29 is 0 Å². The lowest BCUT2D eigenvalue weighted by molar-refractivity contribution is 0.372. The van der Waals surface area contributed by atoms with Gasteiger partial charge in [0.25, 0.3) is 0 Å². The maximum absolute atomic E-state index is 6.11. The Bertz CT molecular complexity index is 344. The summed E-state index contributed by atoms with van der Waals surface area (Å²) in [6, 6.07) is 0. The highest BCUT2D eigenvalue weighted by molar-refractivity contribution is 6.30. The summed E-state index contributed by atoms with van der Waals surface area (Å²) >= 11 is 6.11. The van der Waals surface area contributed by atoms with Crippen molar-refractivity contribution in [2.75, 3.05) is 0 Å². The number of halogens is 1. The predicted octanol–water partition coefficient (Wildman–Crippen LogP) is 3.68. The van der Waals surface area contributed by atoms with Crippen LogP contribution in [0, 0.1) is 0 Å². The molecule has 2 N–H and O–H groups in total. The topological polar surface area (TPSA) is 40.7 Å². The molecule has 0 radical (unpaired) electrons. The van der Waals surface area contributed by atoms with E-state index in [0.29, 0.717) is 5.15 Å². The Labute approximate surface area is 109 Å². The summed E-state index contributed by atoms with van der Waals surface area (Å²) in [5.41, 5.74) is 1.14. The molecule has 0 spiro atoms. The highest BCUT2D eigenvalue weighted by Crippen LogP contribution is 2.16. The van der Waals surface area contributed by atoms with Crippen LogP contribution in [-0.4, -0.2) is 15.5 Å².